The molecule has 142 valence electrons. The van der Waals surface area contributed by atoms with E-state index in [1.807, 2.05) is 11.8 Å². The fourth-order valence-electron chi connectivity index (χ4n) is 3.95. The summed E-state index contributed by atoms with van der Waals surface area (Å²) in [7, 11) is 0. The Hall–Kier alpha value is -1.89. The van der Waals surface area contributed by atoms with Crippen LogP contribution in [0.1, 0.15) is 5.56 Å². The first-order valence-corrected chi connectivity index (χ1v) is 10.5. The molecule has 0 bridgehead atoms. The molecule has 0 saturated carbocycles. The zero-order valence-corrected chi connectivity index (χ0v) is 16.5. The molecule has 0 amide bonds. The van der Waals surface area contributed by atoms with Gasteiger partial charge in [-0.3, -0.25) is 0 Å². The summed E-state index contributed by atoms with van der Waals surface area (Å²) < 4.78 is 11.0. The first-order chi connectivity index (χ1) is 13.3. The molecule has 6 heteroatoms. The molecular formula is C21H25N3O2S. The van der Waals surface area contributed by atoms with Crippen LogP contribution < -0.4 is 15.1 Å². The fourth-order valence-corrected chi connectivity index (χ4v) is 5.09. The van der Waals surface area contributed by atoms with E-state index < -0.39 is 0 Å². The molecule has 0 unspecified atom stereocenters. The molecule has 0 radical (unpaired) electrons. The lowest BCUT2D eigenvalue weighted by Crippen LogP contribution is -2.36. The summed E-state index contributed by atoms with van der Waals surface area (Å²) >= 11 is 1.87. The van der Waals surface area contributed by atoms with Gasteiger partial charge in [0.25, 0.3) is 0 Å². The molecule has 0 aliphatic carbocycles. The Morgan fingerprint density at radius 1 is 0.815 bits per heavy atom. The minimum absolute atomic E-state index is 0.813. The minimum atomic E-state index is 0.813. The molecule has 3 heterocycles. The summed E-state index contributed by atoms with van der Waals surface area (Å²) in [6, 6.07) is 11.4. The number of benzene rings is 2. The summed E-state index contributed by atoms with van der Waals surface area (Å²) in [5.74, 6) is 0. The van der Waals surface area contributed by atoms with Crippen LogP contribution in [0.15, 0.2) is 40.1 Å². The average molecular weight is 384 g/mol. The molecule has 0 aromatic heterocycles. The van der Waals surface area contributed by atoms with Gasteiger partial charge in [0.1, 0.15) is 0 Å². The summed E-state index contributed by atoms with van der Waals surface area (Å²) in [5.41, 5.74) is 6.33. The topological polar surface area (TPSA) is 37.0 Å². The van der Waals surface area contributed by atoms with Gasteiger partial charge in [0.15, 0.2) is 0 Å². The highest BCUT2D eigenvalue weighted by atomic mass is 32.2. The van der Waals surface area contributed by atoms with Crippen molar-refractivity contribution in [1.29, 1.82) is 0 Å². The molecular weight excluding hydrogens is 358 g/mol. The second-order valence-corrected chi connectivity index (χ2v) is 8.33. The Balaban J connectivity index is 1.44. The van der Waals surface area contributed by atoms with Gasteiger partial charge in [-0.25, -0.2) is 0 Å². The van der Waals surface area contributed by atoms with Gasteiger partial charge in [-0.05, 0) is 42.8 Å². The molecule has 3 aliphatic rings. The second-order valence-electron chi connectivity index (χ2n) is 7.24. The van der Waals surface area contributed by atoms with E-state index in [4.69, 9.17) is 9.47 Å². The number of nitrogens with one attached hydrogen (secondary N) is 1. The van der Waals surface area contributed by atoms with E-state index in [-0.39, 0.29) is 0 Å². The van der Waals surface area contributed by atoms with Crippen molar-refractivity contribution in [3.63, 3.8) is 0 Å². The van der Waals surface area contributed by atoms with E-state index in [2.05, 4.69) is 52.4 Å². The van der Waals surface area contributed by atoms with Crippen LogP contribution in [0.25, 0.3) is 0 Å². The van der Waals surface area contributed by atoms with Crippen LogP contribution >= 0.6 is 11.8 Å². The minimum Gasteiger partial charge on any atom is -0.378 e. The zero-order chi connectivity index (χ0) is 18.2. The molecule has 2 saturated heterocycles. The molecule has 5 rings (SSSR count). The van der Waals surface area contributed by atoms with Crippen LogP contribution in [0.2, 0.25) is 0 Å². The van der Waals surface area contributed by atoms with E-state index in [1.54, 1.807) is 0 Å². The Morgan fingerprint density at radius 2 is 1.44 bits per heavy atom. The van der Waals surface area contributed by atoms with E-state index in [9.17, 15) is 0 Å². The number of ether oxygens (including phenoxy) is 2. The molecule has 2 aromatic rings. The smallest absolute Gasteiger partial charge is 0.0642 e. The zero-order valence-electron chi connectivity index (χ0n) is 15.7. The van der Waals surface area contributed by atoms with Crippen LogP contribution in [-0.2, 0) is 9.47 Å². The van der Waals surface area contributed by atoms with E-state index in [1.165, 1.54) is 38.1 Å². The summed E-state index contributed by atoms with van der Waals surface area (Å²) in [6.45, 7) is 9.31. The number of nitrogens with zero attached hydrogens (tertiary/aromatic N) is 2. The van der Waals surface area contributed by atoms with Gasteiger partial charge in [0, 0.05) is 47.3 Å². The van der Waals surface area contributed by atoms with Gasteiger partial charge < -0.3 is 24.6 Å². The predicted octanol–water partition coefficient (Wildman–Crippen LogP) is 3.88. The third-order valence-corrected chi connectivity index (χ3v) is 6.58. The molecule has 3 aliphatic heterocycles. The Labute approximate surface area is 164 Å². The highest BCUT2D eigenvalue weighted by Crippen LogP contribution is 2.48. The maximum absolute atomic E-state index is 5.51. The average Bonchev–Trinajstić information content (AvgIpc) is 2.73. The lowest BCUT2D eigenvalue weighted by atomic mass is 10.1. The van der Waals surface area contributed by atoms with E-state index in [0.717, 1.165) is 52.6 Å². The van der Waals surface area contributed by atoms with Crippen molar-refractivity contribution >= 4 is 34.5 Å². The Bertz CT molecular complexity index is 846. The van der Waals surface area contributed by atoms with Crippen LogP contribution in [0.3, 0.4) is 0 Å². The summed E-state index contributed by atoms with van der Waals surface area (Å²) in [6.07, 6.45) is 0. The maximum atomic E-state index is 5.51. The fraction of sp³-hybridized carbons (Fsp3) is 0.429. The predicted molar refractivity (Wildman–Crippen MR) is 111 cm³/mol. The highest BCUT2D eigenvalue weighted by molar-refractivity contribution is 7.99. The lowest BCUT2D eigenvalue weighted by Gasteiger charge is -2.32. The standard InChI is InChI=1S/C21H25N3O2S/c1-15-12-17(24-6-10-26-11-7-24)14-20-21(15)22-18-3-2-16(13-19(18)27-20)23-4-8-25-9-5-23/h2-3,12-14,22H,4-11H2,1H3. The van der Waals surface area contributed by atoms with E-state index >= 15 is 0 Å². The van der Waals surface area contributed by atoms with E-state index in [0.29, 0.717) is 0 Å². The molecule has 0 atom stereocenters. The highest BCUT2D eigenvalue weighted by Gasteiger charge is 2.22. The first-order valence-electron chi connectivity index (χ1n) is 9.67. The van der Waals surface area contributed by atoms with Crippen molar-refractivity contribution in [3.05, 3.63) is 35.9 Å². The molecule has 1 N–H and O–H groups in total. The summed E-state index contributed by atoms with van der Waals surface area (Å²) in [4.78, 5) is 7.44. The number of anilines is 4. The number of rotatable bonds is 2. The molecule has 0 spiro atoms. The van der Waals surface area contributed by atoms with Crippen LogP contribution in [0, 0.1) is 6.92 Å². The first kappa shape index (κ1) is 17.2. The number of morpholine rings is 2. The van der Waals surface area contributed by atoms with Gasteiger partial charge in [-0.2, -0.15) is 0 Å². The third-order valence-electron chi connectivity index (χ3n) is 5.48. The Kier molecular flexibility index (Phi) is 4.63. The van der Waals surface area contributed by atoms with Gasteiger partial charge in [0.2, 0.25) is 0 Å². The van der Waals surface area contributed by atoms with Gasteiger partial charge in [-0.15, -0.1) is 0 Å². The SMILES string of the molecule is Cc1cc(N2CCOCC2)cc2c1Nc1ccc(N3CCOCC3)cc1S2. The van der Waals surface area contributed by atoms with Gasteiger partial charge in [-0.1, -0.05) is 11.8 Å². The van der Waals surface area contributed by atoms with Crippen molar-refractivity contribution in [1.82, 2.24) is 0 Å². The van der Waals surface area contributed by atoms with Crippen LogP contribution in [0.5, 0.6) is 0 Å². The normalized spacial score (nSPS) is 19.3. The number of fused-ring (bicyclic) bond motifs is 2. The maximum Gasteiger partial charge on any atom is 0.0642 e. The van der Waals surface area contributed by atoms with Crippen molar-refractivity contribution in [3.8, 4) is 0 Å². The molecule has 5 nitrogen and oxygen atoms in total. The van der Waals surface area contributed by atoms with Crippen molar-refractivity contribution in [2.24, 2.45) is 0 Å². The number of hydrogen-bond acceptors (Lipinski definition) is 6. The monoisotopic (exact) mass is 383 g/mol. The molecule has 2 aromatic carbocycles. The third kappa shape index (κ3) is 3.37. The Morgan fingerprint density at radius 3 is 2.15 bits per heavy atom. The molecule has 2 fully saturated rings. The second kappa shape index (κ2) is 7.26. The van der Waals surface area contributed by atoms with Crippen LogP contribution in [-0.4, -0.2) is 52.6 Å². The van der Waals surface area contributed by atoms with Gasteiger partial charge in [0.05, 0.1) is 37.8 Å². The van der Waals surface area contributed by atoms with Crippen molar-refractivity contribution in [2.75, 3.05) is 67.7 Å². The molecule has 27 heavy (non-hydrogen) atoms. The lowest BCUT2D eigenvalue weighted by molar-refractivity contribution is 0.122. The van der Waals surface area contributed by atoms with Crippen molar-refractivity contribution < 1.29 is 9.47 Å². The quantitative estimate of drug-likeness (QED) is 0.724. The van der Waals surface area contributed by atoms with Gasteiger partial charge >= 0.3 is 0 Å². The van der Waals surface area contributed by atoms with Crippen molar-refractivity contribution in [2.45, 2.75) is 16.7 Å². The number of aryl methyl sites for hydroxylation is 1. The number of hydrogen-bond donors (Lipinski definition) is 1. The van der Waals surface area contributed by atoms with Crippen LogP contribution in [0.4, 0.5) is 22.7 Å². The summed E-state index contributed by atoms with van der Waals surface area (Å²) in [5, 5.41) is 3.66. The largest absolute Gasteiger partial charge is 0.378 e.